The fourth-order valence-electron chi connectivity index (χ4n) is 8.89. The van der Waals surface area contributed by atoms with E-state index in [9.17, 15) is 55.7 Å². The number of likely N-dealkylation sites (tertiary alicyclic amines) is 2. The molecule has 344 valence electrons. The van der Waals surface area contributed by atoms with Gasteiger partial charge in [0.25, 0.3) is 11.8 Å². The normalized spacial score (nSPS) is 24.3. The molecule has 24 heteroatoms. The van der Waals surface area contributed by atoms with Crippen molar-refractivity contribution in [3.8, 4) is 0 Å². The van der Waals surface area contributed by atoms with Crippen LogP contribution in [0.5, 0.6) is 0 Å². The molecular formula is C40H40Cl2F6N8O8. The summed E-state index contributed by atoms with van der Waals surface area (Å²) in [6.07, 6.45) is -5.55. The number of amides is 4. The molecule has 4 aromatic rings. The second-order valence-electron chi connectivity index (χ2n) is 16.8. The highest BCUT2D eigenvalue weighted by molar-refractivity contribution is 6.33. The lowest BCUT2D eigenvalue weighted by atomic mass is 10.00. The first-order valence-electron chi connectivity index (χ1n) is 20.7. The van der Waals surface area contributed by atoms with Gasteiger partial charge in [-0.05, 0) is 73.6 Å². The second kappa shape index (κ2) is 16.4. The van der Waals surface area contributed by atoms with Crippen LogP contribution < -0.4 is 0 Å². The molecule has 0 bridgehead atoms. The van der Waals surface area contributed by atoms with E-state index < -0.39 is 83.1 Å². The van der Waals surface area contributed by atoms with Crippen molar-refractivity contribution in [2.45, 2.75) is 87.0 Å². The summed E-state index contributed by atoms with van der Waals surface area (Å²) in [6, 6.07) is 1.16. The van der Waals surface area contributed by atoms with Crippen molar-refractivity contribution in [2.75, 3.05) is 52.5 Å². The van der Waals surface area contributed by atoms with Crippen LogP contribution in [-0.2, 0) is 21.8 Å². The summed E-state index contributed by atoms with van der Waals surface area (Å²) in [4.78, 5) is 63.1. The van der Waals surface area contributed by atoms with E-state index in [0.717, 1.165) is 46.6 Å². The summed E-state index contributed by atoms with van der Waals surface area (Å²) in [7, 11) is 0. The number of rotatable bonds is 6. The standard InChI is InChI=1S/2C20H20ClF3N4O4/c2*21-16-15(18(30)26-4-3-13(14(29)9-26)27-5-6-32-19(27)31)25-17-12(20(22,23)24)7-11(8-28(16)17)10-1-2-10/h2*7-8,10,13-14,29H,1-6,9H2/t2*13-,14-/m10/s1. The first-order valence-corrected chi connectivity index (χ1v) is 21.4. The molecule has 2 aliphatic carbocycles. The van der Waals surface area contributed by atoms with E-state index in [2.05, 4.69) is 9.97 Å². The van der Waals surface area contributed by atoms with Crippen LogP contribution in [-0.4, -0.2) is 149 Å². The summed E-state index contributed by atoms with van der Waals surface area (Å²) in [5.41, 5.74) is -2.29. The molecular weight excluding hydrogens is 905 g/mol. The molecule has 0 unspecified atom stereocenters. The van der Waals surface area contributed by atoms with Crippen LogP contribution in [0.2, 0.25) is 10.3 Å². The topological polar surface area (TPSA) is 175 Å². The number of fused-ring (bicyclic) bond motifs is 2. The zero-order valence-electron chi connectivity index (χ0n) is 33.6. The fourth-order valence-corrected chi connectivity index (χ4v) is 9.40. The molecule has 0 radical (unpaired) electrons. The summed E-state index contributed by atoms with van der Waals surface area (Å²) < 4.78 is 94.2. The number of halogens is 8. The molecule has 4 aliphatic heterocycles. The molecule has 4 saturated heterocycles. The maximum atomic E-state index is 13.7. The maximum absolute atomic E-state index is 13.7. The monoisotopic (exact) mass is 944 g/mol. The zero-order chi connectivity index (χ0) is 45.6. The molecule has 64 heavy (non-hydrogen) atoms. The summed E-state index contributed by atoms with van der Waals surface area (Å²) in [5.74, 6) is -1.24. The number of β-amino-alcohol motifs (C(OH)–C–C–N with tert-alkyl or cyclic N) is 2. The third kappa shape index (κ3) is 8.25. The average molecular weight is 946 g/mol. The molecule has 0 spiro atoms. The molecule has 2 N–H and O–H groups in total. The van der Waals surface area contributed by atoms with Gasteiger partial charge in [0.2, 0.25) is 0 Å². The van der Waals surface area contributed by atoms with Gasteiger partial charge in [-0.2, -0.15) is 26.3 Å². The van der Waals surface area contributed by atoms with Gasteiger partial charge in [-0.15, -0.1) is 0 Å². The Hall–Kier alpha value is -5.06. The number of aliphatic hydroxyl groups excluding tert-OH is 2. The number of aliphatic hydroxyl groups is 2. The molecule has 16 nitrogen and oxygen atoms in total. The highest BCUT2D eigenvalue weighted by Gasteiger charge is 2.44. The summed E-state index contributed by atoms with van der Waals surface area (Å²) >= 11 is 12.7. The van der Waals surface area contributed by atoms with E-state index in [1.807, 2.05) is 0 Å². The van der Waals surface area contributed by atoms with Crippen LogP contribution >= 0.6 is 23.2 Å². The molecule has 6 fully saturated rings. The first-order chi connectivity index (χ1) is 30.3. The second-order valence-corrected chi connectivity index (χ2v) is 17.5. The molecule has 4 aromatic heterocycles. The van der Waals surface area contributed by atoms with Gasteiger partial charge in [-0.1, -0.05) is 23.2 Å². The molecule has 8 heterocycles. The van der Waals surface area contributed by atoms with Crippen LogP contribution in [0.1, 0.15) is 93.6 Å². The SMILES string of the molecule is O=C(c1nc2c(C(F)(F)F)cc(C3CC3)cn2c1Cl)N1CC[C@@H](N2CCOC2=O)[C@H](O)C1.O=C(c1nc2c(C(F)(F)F)cc(C3CC3)cn2c1Cl)N1CC[C@H](N2CCOC2=O)[C@@H](O)C1. The lowest BCUT2D eigenvalue weighted by molar-refractivity contribution is -0.137. The summed E-state index contributed by atoms with van der Waals surface area (Å²) in [5, 5.41) is 20.7. The number of hydrogen-bond acceptors (Lipinski definition) is 10. The molecule has 6 aliphatic rings. The highest BCUT2D eigenvalue weighted by atomic mass is 35.5. The Kier molecular flexibility index (Phi) is 11.3. The predicted octanol–water partition coefficient (Wildman–Crippen LogP) is 5.82. The number of nitrogens with zero attached hydrogens (tertiary/aromatic N) is 8. The van der Waals surface area contributed by atoms with Gasteiger partial charge < -0.3 is 29.5 Å². The Morgan fingerprint density at radius 1 is 0.625 bits per heavy atom. The Labute approximate surface area is 369 Å². The molecule has 4 amide bonds. The van der Waals surface area contributed by atoms with Crippen molar-refractivity contribution in [2.24, 2.45) is 0 Å². The number of aromatic nitrogens is 4. The number of carbonyl (C=O) groups is 4. The molecule has 10 rings (SSSR count). The van der Waals surface area contributed by atoms with Crippen LogP contribution in [0.15, 0.2) is 24.5 Å². The van der Waals surface area contributed by atoms with Gasteiger partial charge in [-0.3, -0.25) is 28.2 Å². The number of piperidine rings is 2. The van der Waals surface area contributed by atoms with Crippen molar-refractivity contribution in [3.63, 3.8) is 0 Å². The van der Waals surface area contributed by atoms with E-state index in [0.29, 0.717) is 37.1 Å². The van der Waals surface area contributed by atoms with Gasteiger partial charge in [0, 0.05) is 38.6 Å². The van der Waals surface area contributed by atoms with E-state index in [-0.39, 0.29) is 72.9 Å². The Bertz CT molecular complexity index is 2370. The van der Waals surface area contributed by atoms with Crippen LogP contribution in [0.25, 0.3) is 11.3 Å². The first kappa shape index (κ1) is 44.2. The number of pyridine rings is 2. The smallest absolute Gasteiger partial charge is 0.419 e. The van der Waals surface area contributed by atoms with E-state index >= 15 is 0 Å². The number of alkyl halides is 6. The Morgan fingerprint density at radius 2 is 1.00 bits per heavy atom. The van der Waals surface area contributed by atoms with E-state index in [4.69, 9.17) is 32.7 Å². The average Bonchev–Trinajstić information content (AvgIpc) is 4.14. The molecule has 0 aromatic carbocycles. The number of carbonyl (C=O) groups excluding carboxylic acids is 4. The minimum absolute atomic E-state index is 0.0459. The molecule has 2 saturated carbocycles. The van der Waals surface area contributed by atoms with Crippen molar-refractivity contribution >= 4 is 58.5 Å². The highest BCUT2D eigenvalue weighted by Crippen LogP contribution is 2.45. The van der Waals surface area contributed by atoms with Gasteiger partial charge in [0.1, 0.15) is 23.5 Å². The van der Waals surface area contributed by atoms with E-state index in [1.165, 1.54) is 32.0 Å². The van der Waals surface area contributed by atoms with Crippen LogP contribution in [0.3, 0.4) is 0 Å². The van der Waals surface area contributed by atoms with Crippen LogP contribution in [0, 0.1) is 0 Å². The maximum Gasteiger partial charge on any atom is 0.419 e. The lowest BCUT2D eigenvalue weighted by Crippen LogP contribution is -2.55. The zero-order valence-corrected chi connectivity index (χ0v) is 35.1. The van der Waals surface area contributed by atoms with Crippen molar-refractivity contribution in [1.29, 1.82) is 0 Å². The minimum Gasteiger partial charge on any atom is -0.448 e. The van der Waals surface area contributed by atoms with Crippen molar-refractivity contribution in [1.82, 2.24) is 38.4 Å². The summed E-state index contributed by atoms with van der Waals surface area (Å²) in [6.45, 7) is 1.38. The van der Waals surface area contributed by atoms with Crippen molar-refractivity contribution < 1.29 is 65.2 Å². The third-order valence-electron chi connectivity index (χ3n) is 12.5. The van der Waals surface area contributed by atoms with Crippen LogP contribution in [0.4, 0.5) is 35.9 Å². The Balaban J connectivity index is 0.000000162. The van der Waals surface area contributed by atoms with Gasteiger partial charge in [0.15, 0.2) is 22.7 Å². The molecule has 4 atom stereocenters. The third-order valence-corrected chi connectivity index (χ3v) is 13.3. The number of hydrogen-bond donors (Lipinski definition) is 2. The lowest BCUT2D eigenvalue weighted by Gasteiger charge is -2.38. The number of cyclic esters (lactones) is 2. The van der Waals surface area contributed by atoms with Crippen molar-refractivity contribution in [3.05, 3.63) is 68.5 Å². The fraction of sp³-hybridized carbons (Fsp3) is 0.550. The minimum atomic E-state index is -4.65. The van der Waals surface area contributed by atoms with Gasteiger partial charge in [-0.25, -0.2) is 19.6 Å². The Morgan fingerprint density at radius 3 is 1.30 bits per heavy atom. The largest absolute Gasteiger partial charge is 0.448 e. The predicted molar refractivity (Wildman–Crippen MR) is 211 cm³/mol. The number of imidazole rings is 2. The quantitative estimate of drug-likeness (QED) is 0.224. The van der Waals surface area contributed by atoms with Gasteiger partial charge >= 0.3 is 24.5 Å². The van der Waals surface area contributed by atoms with E-state index in [1.54, 1.807) is 0 Å². The van der Waals surface area contributed by atoms with Gasteiger partial charge in [0.05, 0.1) is 48.5 Å². The number of ether oxygens (including phenoxy) is 2.